The third-order valence-electron chi connectivity index (χ3n) is 5.01. The van der Waals surface area contributed by atoms with Crippen LogP contribution in [0.2, 0.25) is 0 Å². The van der Waals surface area contributed by atoms with Gasteiger partial charge in [0.05, 0.1) is 6.10 Å². The van der Waals surface area contributed by atoms with Crippen molar-refractivity contribution in [1.29, 1.82) is 0 Å². The maximum Gasteiger partial charge on any atom is 0.275 e. The van der Waals surface area contributed by atoms with Crippen LogP contribution in [-0.4, -0.2) is 46.2 Å². The van der Waals surface area contributed by atoms with Crippen LogP contribution >= 0.6 is 11.5 Å². The molecule has 5 nitrogen and oxygen atoms in total. The van der Waals surface area contributed by atoms with Gasteiger partial charge in [0.1, 0.15) is 0 Å². The van der Waals surface area contributed by atoms with E-state index >= 15 is 0 Å². The number of hydrogen-bond acceptors (Lipinski definition) is 5. The smallest absolute Gasteiger partial charge is 0.275 e. The second-order valence-electron chi connectivity index (χ2n) is 5.84. The first-order valence-electron chi connectivity index (χ1n) is 7.35. The van der Waals surface area contributed by atoms with Gasteiger partial charge in [-0.15, -0.1) is 5.10 Å². The highest BCUT2D eigenvalue weighted by molar-refractivity contribution is 7.03. The molecular formula is C14H21N3O2S. The number of carbonyl (C=O) groups is 1. The van der Waals surface area contributed by atoms with Crippen LogP contribution in [0.25, 0.3) is 0 Å². The summed E-state index contributed by atoms with van der Waals surface area (Å²) in [5, 5.41) is 5.62. The second kappa shape index (κ2) is 5.41. The predicted molar refractivity (Wildman–Crippen MR) is 76.7 cm³/mol. The van der Waals surface area contributed by atoms with E-state index in [2.05, 4.69) is 9.59 Å². The summed E-state index contributed by atoms with van der Waals surface area (Å²) in [4.78, 5) is 14.3. The minimum atomic E-state index is -0.00928. The van der Waals surface area contributed by atoms with E-state index in [4.69, 9.17) is 4.74 Å². The van der Waals surface area contributed by atoms with E-state index in [9.17, 15) is 4.79 Å². The molecule has 2 aliphatic carbocycles. The van der Waals surface area contributed by atoms with E-state index in [0.717, 1.165) is 13.0 Å². The fourth-order valence-electron chi connectivity index (χ4n) is 3.97. The zero-order valence-electron chi connectivity index (χ0n) is 12.0. The summed E-state index contributed by atoms with van der Waals surface area (Å²) in [6.45, 7) is 2.80. The van der Waals surface area contributed by atoms with E-state index in [1.54, 1.807) is 5.38 Å². The summed E-state index contributed by atoms with van der Waals surface area (Å²) in [6, 6.07) is 0.288. The quantitative estimate of drug-likeness (QED) is 0.855. The molecule has 0 bridgehead atoms. The molecule has 0 N–H and O–H groups in total. The Hall–Kier alpha value is -1.01. The molecule has 1 amide bonds. The molecule has 0 saturated heterocycles. The lowest BCUT2D eigenvalue weighted by atomic mass is 9.60. The average Bonchev–Trinajstić information content (AvgIpc) is 3.13. The fourth-order valence-corrected chi connectivity index (χ4v) is 4.40. The fraction of sp³-hybridized carbons (Fsp3) is 0.786. The molecule has 2 atom stereocenters. The monoisotopic (exact) mass is 295 g/mol. The number of aromatic nitrogens is 2. The highest BCUT2D eigenvalue weighted by atomic mass is 32.1. The normalized spacial score (nSPS) is 27.5. The lowest BCUT2D eigenvalue weighted by Crippen LogP contribution is -2.64. The van der Waals surface area contributed by atoms with Gasteiger partial charge in [-0.1, -0.05) is 17.3 Å². The molecule has 0 unspecified atom stereocenters. The van der Waals surface area contributed by atoms with Crippen molar-refractivity contribution in [3.05, 3.63) is 11.1 Å². The maximum absolute atomic E-state index is 12.4. The molecule has 3 rings (SSSR count). The lowest BCUT2D eigenvalue weighted by molar-refractivity contribution is -0.152. The SMILES string of the molecule is CCO[C@@H]1C[C@@H](N(C)C(=O)c2csnn2)C12CCCC2. The van der Waals surface area contributed by atoms with E-state index in [1.165, 1.54) is 37.2 Å². The van der Waals surface area contributed by atoms with Crippen LogP contribution in [0, 0.1) is 5.41 Å². The summed E-state index contributed by atoms with van der Waals surface area (Å²) in [5.41, 5.74) is 0.648. The molecule has 1 aromatic heterocycles. The molecule has 1 aromatic rings. The minimum absolute atomic E-state index is 0.00928. The Morgan fingerprint density at radius 3 is 2.90 bits per heavy atom. The largest absolute Gasteiger partial charge is 0.378 e. The molecule has 0 aliphatic heterocycles. The van der Waals surface area contributed by atoms with Crippen LogP contribution in [0.4, 0.5) is 0 Å². The van der Waals surface area contributed by atoms with Crippen LogP contribution in [0.5, 0.6) is 0 Å². The predicted octanol–water partition coefficient (Wildman–Crippen LogP) is 2.35. The van der Waals surface area contributed by atoms with Gasteiger partial charge in [0, 0.05) is 30.5 Å². The lowest BCUT2D eigenvalue weighted by Gasteiger charge is -2.56. The van der Waals surface area contributed by atoms with Gasteiger partial charge in [-0.3, -0.25) is 4.79 Å². The van der Waals surface area contributed by atoms with Gasteiger partial charge in [-0.05, 0) is 37.7 Å². The summed E-state index contributed by atoms with van der Waals surface area (Å²) in [7, 11) is 1.90. The molecule has 2 fully saturated rings. The first-order valence-corrected chi connectivity index (χ1v) is 8.18. The summed E-state index contributed by atoms with van der Waals surface area (Å²) < 4.78 is 9.68. The van der Waals surface area contributed by atoms with Crippen LogP contribution in [-0.2, 0) is 4.74 Å². The molecular weight excluding hydrogens is 274 g/mol. The standard InChI is InChI=1S/C14H21N3O2S/c1-3-19-12-8-11(14(12)6-4-5-7-14)17(2)13(18)10-9-20-16-15-10/h9,11-12H,3-8H2,1-2H3/t11-,12-/m1/s1. The molecule has 1 heterocycles. The van der Waals surface area contributed by atoms with Crippen LogP contribution in [0.1, 0.15) is 49.5 Å². The van der Waals surface area contributed by atoms with Crippen molar-refractivity contribution in [2.75, 3.05) is 13.7 Å². The van der Waals surface area contributed by atoms with Gasteiger partial charge in [0.2, 0.25) is 0 Å². The summed E-state index contributed by atoms with van der Waals surface area (Å²) in [5.74, 6) is -0.00928. The molecule has 0 radical (unpaired) electrons. The van der Waals surface area contributed by atoms with Gasteiger partial charge in [0.25, 0.3) is 5.91 Å². The number of hydrogen-bond donors (Lipinski definition) is 0. The zero-order chi connectivity index (χ0) is 14.2. The van der Waals surface area contributed by atoms with E-state index in [-0.39, 0.29) is 17.4 Å². The zero-order valence-corrected chi connectivity index (χ0v) is 12.9. The number of nitrogens with zero attached hydrogens (tertiary/aromatic N) is 3. The molecule has 110 valence electrons. The molecule has 0 aromatic carbocycles. The number of ether oxygens (including phenoxy) is 1. The number of rotatable bonds is 4. The number of amides is 1. The van der Waals surface area contributed by atoms with Crippen molar-refractivity contribution in [1.82, 2.24) is 14.5 Å². The highest BCUT2D eigenvalue weighted by Crippen LogP contribution is 2.56. The van der Waals surface area contributed by atoms with Crippen LogP contribution < -0.4 is 0 Å². The van der Waals surface area contributed by atoms with E-state index in [1.807, 2.05) is 18.9 Å². The van der Waals surface area contributed by atoms with Crippen LogP contribution in [0.15, 0.2) is 5.38 Å². The Morgan fingerprint density at radius 2 is 2.30 bits per heavy atom. The maximum atomic E-state index is 12.4. The van der Waals surface area contributed by atoms with Gasteiger partial charge >= 0.3 is 0 Å². The van der Waals surface area contributed by atoms with E-state index in [0.29, 0.717) is 11.8 Å². The van der Waals surface area contributed by atoms with Gasteiger partial charge < -0.3 is 9.64 Å². The number of carbonyl (C=O) groups excluding carboxylic acids is 1. The average molecular weight is 295 g/mol. The Bertz CT molecular complexity index is 471. The third-order valence-corrected chi connectivity index (χ3v) is 5.52. The summed E-state index contributed by atoms with van der Waals surface area (Å²) >= 11 is 1.22. The molecule has 6 heteroatoms. The van der Waals surface area contributed by atoms with Crippen molar-refractivity contribution >= 4 is 17.4 Å². The first kappa shape index (κ1) is 13.9. The van der Waals surface area contributed by atoms with Crippen molar-refractivity contribution in [3.63, 3.8) is 0 Å². The minimum Gasteiger partial charge on any atom is -0.378 e. The first-order chi connectivity index (χ1) is 9.69. The van der Waals surface area contributed by atoms with Gasteiger partial charge in [-0.2, -0.15) is 0 Å². The van der Waals surface area contributed by atoms with Crippen molar-refractivity contribution in [3.8, 4) is 0 Å². The van der Waals surface area contributed by atoms with Gasteiger partial charge in [0.15, 0.2) is 5.69 Å². The molecule has 2 aliphatic rings. The molecule has 20 heavy (non-hydrogen) atoms. The Kier molecular flexibility index (Phi) is 3.77. The van der Waals surface area contributed by atoms with E-state index < -0.39 is 0 Å². The van der Waals surface area contributed by atoms with Crippen molar-refractivity contribution in [2.45, 2.75) is 51.2 Å². The van der Waals surface area contributed by atoms with Gasteiger partial charge in [-0.25, -0.2) is 0 Å². The van der Waals surface area contributed by atoms with Crippen molar-refractivity contribution < 1.29 is 9.53 Å². The third kappa shape index (κ3) is 2.05. The second-order valence-corrected chi connectivity index (χ2v) is 6.45. The highest BCUT2D eigenvalue weighted by Gasteiger charge is 2.58. The van der Waals surface area contributed by atoms with Crippen LogP contribution in [0.3, 0.4) is 0 Å². The Morgan fingerprint density at radius 1 is 1.55 bits per heavy atom. The molecule has 2 saturated carbocycles. The Labute approximate surface area is 123 Å². The van der Waals surface area contributed by atoms with Crippen molar-refractivity contribution in [2.24, 2.45) is 5.41 Å². The topological polar surface area (TPSA) is 55.3 Å². The molecule has 1 spiro atoms. The Balaban J connectivity index is 1.75. The summed E-state index contributed by atoms with van der Waals surface area (Å²) in [6.07, 6.45) is 6.13.